The summed E-state index contributed by atoms with van der Waals surface area (Å²) in [7, 11) is 0. The first-order valence-electron chi connectivity index (χ1n) is 12.2. The molecule has 1 aliphatic heterocycles. The molecule has 2 heterocycles. The SMILES string of the molecule is Cc1nc(NC(C)c2cccc(C3CC3F)c2F)c2cc3c(cc2n1)OCCOCC(C(C)C)O3. The monoisotopic (exact) mass is 483 g/mol. The van der Waals surface area contributed by atoms with Crippen LogP contribution >= 0.6 is 0 Å². The average Bonchev–Trinajstić information content (AvgIpc) is 3.51. The molecular formula is C27H31F2N3O3. The first-order valence-corrected chi connectivity index (χ1v) is 12.2. The first kappa shape index (κ1) is 23.7. The zero-order chi connectivity index (χ0) is 24.7. The van der Waals surface area contributed by atoms with Gasteiger partial charge in [0, 0.05) is 22.9 Å². The summed E-state index contributed by atoms with van der Waals surface area (Å²) in [5, 5.41) is 4.10. The van der Waals surface area contributed by atoms with Crippen molar-refractivity contribution in [2.24, 2.45) is 5.92 Å². The van der Waals surface area contributed by atoms with E-state index in [4.69, 9.17) is 14.2 Å². The molecule has 1 aromatic heterocycles. The third-order valence-corrected chi connectivity index (χ3v) is 6.65. The highest BCUT2D eigenvalue weighted by molar-refractivity contribution is 5.92. The van der Waals surface area contributed by atoms with E-state index in [9.17, 15) is 4.39 Å². The Kier molecular flexibility index (Phi) is 6.49. The van der Waals surface area contributed by atoms with Crippen molar-refractivity contribution < 1.29 is 23.0 Å². The zero-order valence-electron chi connectivity index (χ0n) is 20.5. The molecule has 6 nitrogen and oxygen atoms in total. The Morgan fingerprint density at radius 1 is 1.09 bits per heavy atom. The smallest absolute Gasteiger partial charge is 0.163 e. The number of benzene rings is 2. The lowest BCUT2D eigenvalue weighted by Gasteiger charge is -2.23. The highest BCUT2D eigenvalue weighted by Crippen LogP contribution is 2.45. The maximum Gasteiger partial charge on any atom is 0.163 e. The summed E-state index contributed by atoms with van der Waals surface area (Å²) >= 11 is 0. The number of hydrogen-bond donors (Lipinski definition) is 1. The molecule has 2 aromatic carbocycles. The van der Waals surface area contributed by atoms with Crippen molar-refractivity contribution in [2.45, 2.75) is 58.4 Å². The highest BCUT2D eigenvalue weighted by Gasteiger charge is 2.41. The van der Waals surface area contributed by atoms with Crippen LogP contribution in [0.4, 0.5) is 14.6 Å². The van der Waals surface area contributed by atoms with Gasteiger partial charge in [-0.1, -0.05) is 32.0 Å². The number of nitrogens with one attached hydrogen (secondary N) is 1. The van der Waals surface area contributed by atoms with Gasteiger partial charge in [-0.3, -0.25) is 0 Å². The molecule has 1 N–H and O–H groups in total. The second kappa shape index (κ2) is 9.57. The van der Waals surface area contributed by atoms with Gasteiger partial charge in [0.05, 0.1) is 24.8 Å². The third-order valence-electron chi connectivity index (χ3n) is 6.65. The van der Waals surface area contributed by atoms with E-state index in [1.165, 1.54) is 0 Å². The number of aryl methyl sites for hydroxylation is 1. The van der Waals surface area contributed by atoms with E-state index in [2.05, 4.69) is 29.1 Å². The largest absolute Gasteiger partial charge is 0.487 e. The molecule has 5 rings (SSSR count). The minimum atomic E-state index is -0.956. The standard InChI is InChI=1S/C27H31F2N3O3/c1-14(2)25-13-33-8-9-34-23-12-22-20(11-24(23)35-25)27(32-16(4)31-22)30-15(3)17-6-5-7-18(26(17)29)19-10-21(19)28/h5-7,11-12,14-15,19,21,25H,8-10,13H2,1-4H3,(H,30,31,32). The average molecular weight is 484 g/mol. The van der Waals surface area contributed by atoms with Crippen molar-refractivity contribution >= 4 is 16.7 Å². The molecule has 35 heavy (non-hydrogen) atoms. The normalized spacial score (nSPS) is 22.9. The van der Waals surface area contributed by atoms with Crippen LogP contribution in [-0.4, -0.2) is 42.1 Å². The molecule has 1 saturated carbocycles. The fourth-order valence-electron chi connectivity index (χ4n) is 4.46. The topological polar surface area (TPSA) is 65.5 Å². The summed E-state index contributed by atoms with van der Waals surface area (Å²) in [5.74, 6) is 1.90. The van der Waals surface area contributed by atoms with Crippen molar-refractivity contribution in [3.05, 3.63) is 53.1 Å². The summed E-state index contributed by atoms with van der Waals surface area (Å²) in [6, 6.07) is 8.52. The summed E-state index contributed by atoms with van der Waals surface area (Å²) < 4.78 is 46.8. The van der Waals surface area contributed by atoms with Gasteiger partial charge in [0.2, 0.25) is 0 Å². The quantitative estimate of drug-likeness (QED) is 0.488. The number of anilines is 1. The third kappa shape index (κ3) is 4.89. The van der Waals surface area contributed by atoms with Gasteiger partial charge in [-0.05, 0) is 37.8 Å². The molecule has 4 atom stereocenters. The lowest BCUT2D eigenvalue weighted by atomic mass is 10.0. The number of nitrogens with zero attached hydrogens (tertiary/aromatic N) is 2. The highest BCUT2D eigenvalue weighted by atomic mass is 19.1. The van der Waals surface area contributed by atoms with Crippen molar-refractivity contribution in [3.8, 4) is 11.5 Å². The van der Waals surface area contributed by atoms with Gasteiger partial charge in [0.15, 0.2) is 11.5 Å². The van der Waals surface area contributed by atoms with E-state index in [1.54, 1.807) is 18.2 Å². The van der Waals surface area contributed by atoms with Gasteiger partial charge in [-0.25, -0.2) is 18.7 Å². The summed E-state index contributed by atoms with van der Waals surface area (Å²) in [4.78, 5) is 9.21. The molecule has 0 bridgehead atoms. The molecule has 3 aromatic rings. The molecule has 0 amide bonds. The van der Waals surface area contributed by atoms with E-state index in [0.717, 1.165) is 5.39 Å². The number of hydrogen-bond acceptors (Lipinski definition) is 6. The van der Waals surface area contributed by atoms with Crippen molar-refractivity contribution in [1.82, 2.24) is 9.97 Å². The van der Waals surface area contributed by atoms with Gasteiger partial charge >= 0.3 is 0 Å². The van der Waals surface area contributed by atoms with Crippen LogP contribution in [0.2, 0.25) is 0 Å². The predicted octanol–water partition coefficient (Wildman–Crippen LogP) is 5.89. The number of rotatable bonds is 5. The Labute approximate surface area is 204 Å². The minimum Gasteiger partial charge on any atom is -0.487 e. The van der Waals surface area contributed by atoms with Gasteiger partial charge in [-0.2, -0.15) is 0 Å². The van der Waals surface area contributed by atoms with Crippen LogP contribution in [0, 0.1) is 18.7 Å². The second-order valence-electron chi connectivity index (χ2n) is 9.73. The summed E-state index contributed by atoms with van der Waals surface area (Å²) in [6.45, 7) is 9.22. The van der Waals surface area contributed by atoms with Gasteiger partial charge in [0.25, 0.3) is 0 Å². The van der Waals surface area contributed by atoms with Gasteiger partial charge in [-0.15, -0.1) is 0 Å². The number of halogens is 2. The molecule has 0 radical (unpaired) electrons. The molecule has 0 spiro atoms. The van der Waals surface area contributed by atoms with Crippen LogP contribution in [-0.2, 0) is 4.74 Å². The molecule has 0 saturated heterocycles. The van der Waals surface area contributed by atoms with Crippen molar-refractivity contribution in [3.63, 3.8) is 0 Å². The molecule has 186 valence electrons. The number of ether oxygens (including phenoxy) is 3. The maximum atomic E-state index is 15.3. The van der Waals surface area contributed by atoms with Gasteiger partial charge < -0.3 is 19.5 Å². The molecule has 1 aliphatic carbocycles. The van der Waals surface area contributed by atoms with Crippen LogP contribution in [0.25, 0.3) is 10.9 Å². The number of alkyl halides is 1. The summed E-state index contributed by atoms with van der Waals surface area (Å²) in [5.41, 5.74) is 1.62. The zero-order valence-corrected chi connectivity index (χ0v) is 20.5. The number of fused-ring (bicyclic) bond motifs is 2. The van der Waals surface area contributed by atoms with E-state index >= 15 is 4.39 Å². The molecule has 2 aliphatic rings. The van der Waals surface area contributed by atoms with E-state index in [1.807, 2.05) is 26.0 Å². The fourth-order valence-corrected chi connectivity index (χ4v) is 4.46. The number of aromatic nitrogens is 2. The second-order valence-corrected chi connectivity index (χ2v) is 9.73. The van der Waals surface area contributed by atoms with Crippen molar-refractivity contribution in [1.29, 1.82) is 0 Å². The van der Waals surface area contributed by atoms with Crippen LogP contribution < -0.4 is 14.8 Å². The van der Waals surface area contributed by atoms with Crippen LogP contribution in [0.1, 0.15) is 56.1 Å². The Morgan fingerprint density at radius 3 is 2.63 bits per heavy atom. The maximum absolute atomic E-state index is 15.3. The van der Waals surface area contributed by atoms with Gasteiger partial charge in [0.1, 0.15) is 36.3 Å². The van der Waals surface area contributed by atoms with Crippen LogP contribution in [0.15, 0.2) is 30.3 Å². The molecule has 4 unspecified atom stereocenters. The minimum absolute atomic E-state index is 0.131. The lowest BCUT2D eigenvalue weighted by molar-refractivity contribution is 0.0272. The lowest BCUT2D eigenvalue weighted by Crippen LogP contribution is -2.28. The van der Waals surface area contributed by atoms with Crippen LogP contribution in [0.3, 0.4) is 0 Å². The Balaban J connectivity index is 1.51. The Bertz CT molecular complexity index is 1240. The fraction of sp³-hybridized carbons (Fsp3) is 0.481. The summed E-state index contributed by atoms with van der Waals surface area (Å²) in [6.07, 6.45) is -0.705. The molecule has 1 fully saturated rings. The molecular weight excluding hydrogens is 452 g/mol. The Hall–Kier alpha value is -3.00. The first-order chi connectivity index (χ1) is 16.8. The molecule has 8 heteroatoms. The van der Waals surface area contributed by atoms with E-state index < -0.39 is 12.2 Å². The Morgan fingerprint density at radius 2 is 1.89 bits per heavy atom. The van der Waals surface area contributed by atoms with E-state index in [-0.39, 0.29) is 23.8 Å². The van der Waals surface area contributed by atoms with Crippen molar-refractivity contribution in [2.75, 3.05) is 25.1 Å². The van der Waals surface area contributed by atoms with E-state index in [0.29, 0.717) is 66.0 Å². The predicted molar refractivity (Wildman–Crippen MR) is 131 cm³/mol. The van der Waals surface area contributed by atoms with Crippen LogP contribution in [0.5, 0.6) is 11.5 Å².